The summed E-state index contributed by atoms with van der Waals surface area (Å²) in [5.41, 5.74) is 7.06. The van der Waals surface area contributed by atoms with Gasteiger partial charge in [-0.05, 0) is 18.6 Å². The lowest BCUT2D eigenvalue weighted by Gasteiger charge is -2.15. The van der Waals surface area contributed by atoms with E-state index in [0.717, 1.165) is 5.56 Å². The molecule has 1 unspecified atom stereocenters. The molecule has 3 N–H and O–H groups in total. The van der Waals surface area contributed by atoms with Gasteiger partial charge in [0.15, 0.2) is 0 Å². The lowest BCUT2D eigenvalue weighted by Crippen LogP contribution is -2.25. The van der Waals surface area contributed by atoms with Gasteiger partial charge >= 0.3 is 5.97 Å². The number of aromatic carboxylic acids is 1. The smallest absolute Gasteiger partial charge is 0.337 e. The molecule has 0 saturated carbocycles. The number of carboxylic acid groups (broad SMARTS) is 1. The lowest BCUT2D eigenvalue weighted by molar-refractivity contribution is -0.120. The summed E-state index contributed by atoms with van der Waals surface area (Å²) in [4.78, 5) is 22.6. The summed E-state index contributed by atoms with van der Waals surface area (Å²) >= 11 is 0. The molecule has 1 aromatic heterocycles. The van der Waals surface area contributed by atoms with Crippen LogP contribution in [0.25, 0.3) is 0 Å². The number of aromatic nitrogens is 1. The van der Waals surface area contributed by atoms with Crippen molar-refractivity contribution >= 4 is 11.9 Å². The minimum Gasteiger partial charge on any atom is -0.478 e. The summed E-state index contributed by atoms with van der Waals surface area (Å²) in [6.07, 6.45) is 2.03. The molecule has 0 radical (unpaired) electrons. The van der Waals surface area contributed by atoms with Crippen LogP contribution in [0.15, 0.2) is 42.6 Å². The predicted molar refractivity (Wildman–Crippen MR) is 74.5 cm³/mol. The van der Waals surface area contributed by atoms with E-state index < -0.39 is 17.9 Å². The Morgan fingerprint density at radius 1 is 1.25 bits per heavy atom. The van der Waals surface area contributed by atoms with E-state index in [9.17, 15) is 14.7 Å². The largest absolute Gasteiger partial charge is 0.478 e. The van der Waals surface area contributed by atoms with Crippen molar-refractivity contribution in [1.82, 2.24) is 4.57 Å². The highest BCUT2D eigenvalue weighted by Gasteiger charge is 2.20. The van der Waals surface area contributed by atoms with Crippen LogP contribution in [0.3, 0.4) is 0 Å². The molecule has 104 valence electrons. The van der Waals surface area contributed by atoms with E-state index in [1.54, 1.807) is 17.7 Å². The third kappa shape index (κ3) is 2.71. The fourth-order valence-electron chi connectivity index (χ4n) is 2.15. The maximum absolute atomic E-state index is 11.3. The number of nitrogens with zero attached hydrogens (tertiary/aromatic N) is 1. The van der Waals surface area contributed by atoms with Crippen LogP contribution in [-0.2, 0) is 11.2 Å². The van der Waals surface area contributed by atoms with Crippen molar-refractivity contribution in [2.45, 2.75) is 19.4 Å². The molecule has 0 aliphatic rings. The summed E-state index contributed by atoms with van der Waals surface area (Å²) in [7, 11) is 0. The van der Waals surface area contributed by atoms with Gasteiger partial charge in [0.05, 0.1) is 5.56 Å². The topological polar surface area (TPSA) is 85.3 Å². The molecule has 0 bridgehead atoms. The van der Waals surface area contributed by atoms with E-state index in [2.05, 4.69) is 0 Å². The predicted octanol–water partition coefficient (Wildman–Crippen LogP) is 1.82. The van der Waals surface area contributed by atoms with Gasteiger partial charge in [0.2, 0.25) is 5.91 Å². The highest BCUT2D eigenvalue weighted by atomic mass is 16.4. The van der Waals surface area contributed by atoms with Crippen molar-refractivity contribution in [3.63, 3.8) is 0 Å². The van der Waals surface area contributed by atoms with Crippen LogP contribution in [0.2, 0.25) is 0 Å². The number of carboxylic acids is 1. The SMILES string of the molecule is CC(C(N)=O)n1ccc(C(=O)O)c1Cc1ccccc1. The average molecular weight is 272 g/mol. The summed E-state index contributed by atoms with van der Waals surface area (Å²) in [6, 6.07) is 10.4. The van der Waals surface area contributed by atoms with Gasteiger partial charge in [-0.2, -0.15) is 0 Å². The van der Waals surface area contributed by atoms with E-state index in [1.165, 1.54) is 6.07 Å². The first-order valence-electron chi connectivity index (χ1n) is 6.27. The minimum absolute atomic E-state index is 0.196. The second kappa shape index (κ2) is 5.61. The molecule has 5 heteroatoms. The lowest BCUT2D eigenvalue weighted by atomic mass is 10.1. The number of primary amides is 1. The molecular weight excluding hydrogens is 256 g/mol. The molecule has 1 heterocycles. The summed E-state index contributed by atoms with van der Waals surface area (Å²) in [5.74, 6) is -1.50. The van der Waals surface area contributed by atoms with Gasteiger partial charge in [-0.1, -0.05) is 30.3 Å². The van der Waals surface area contributed by atoms with Crippen molar-refractivity contribution in [3.05, 3.63) is 59.4 Å². The highest BCUT2D eigenvalue weighted by Crippen LogP contribution is 2.20. The number of carbonyl (C=O) groups excluding carboxylic acids is 1. The molecule has 0 fully saturated rings. The van der Waals surface area contributed by atoms with Crippen molar-refractivity contribution in [1.29, 1.82) is 0 Å². The first-order valence-corrected chi connectivity index (χ1v) is 6.27. The molecule has 1 atom stereocenters. The molecule has 0 saturated heterocycles. The molecule has 5 nitrogen and oxygen atoms in total. The molecule has 0 aliphatic heterocycles. The third-order valence-electron chi connectivity index (χ3n) is 3.30. The maximum atomic E-state index is 11.3. The highest BCUT2D eigenvalue weighted by molar-refractivity contribution is 5.89. The Balaban J connectivity index is 2.45. The van der Waals surface area contributed by atoms with E-state index >= 15 is 0 Å². The fraction of sp³-hybridized carbons (Fsp3) is 0.200. The normalized spacial score (nSPS) is 12.1. The molecule has 0 aliphatic carbocycles. The minimum atomic E-state index is -1.01. The second-order valence-electron chi connectivity index (χ2n) is 4.63. The van der Waals surface area contributed by atoms with Crippen molar-refractivity contribution in [2.24, 2.45) is 5.73 Å². The van der Waals surface area contributed by atoms with Crippen molar-refractivity contribution in [2.75, 3.05) is 0 Å². The number of rotatable bonds is 5. The molecule has 2 aromatic rings. The number of hydrogen-bond acceptors (Lipinski definition) is 2. The van der Waals surface area contributed by atoms with Crippen LogP contribution in [0.1, 0.15) is 34.6 Å². The third-order valence-corrected chi connectivity index (χ3v) is 3.30. The van der Waals surface area contributed by atoms with Crippen molar-refractivity contribution < 1.29 is 14.7 Å². The zero-order valence-electron chi connectivity index (χ0n) is 11.1. The monoisotopic (exact) mass is 272 g/mol. The number of amides is 1. The van der Waals surface area contributed by atoms with Crippen LogP contribution < -0.4 is 5.73 Å². The van der Waals surface area contributed by atoms with Gasteiger partial charge in [0.1, 0.15) is 6.04 Å². The molecule has 0 spiro atoms. The number of hydrogen-bond donors (Lipinski definition) is 2. The fourth-order valence-corrected chi connectivity index (χ4v) is 2.15. The second-order valence-corrected chi connectivity index (χ2v) is 4.63. The summed E-state index contributed by atoms with van der Waals surface area (Å²) < 4.78 is 1.62. The molecular formula is C15H16N2O3. The van der Waals surface area contributed by atoms with Crippen LogP contribution >= 0.6 is 0 Å². The maximum Gasteiger partial charge on any atom is 0.337 e. The molecule has 20 heavy (non-hydrogen) atoms. The first-order chi connectivity index (χ1) is 9.50. The number of carbonyl (C=O) groups is 2. The molecule has 1 aromatic carbocycles. The van der Waals surface area contributed by atoms with E-state index in [-0.39, 0.29) is 5.56 Å². The Morgan fingerprint density at radius 2 is 1.90 bits per heavy atom. The van der Waals surface area contributed by atoms with Gasteiger partial charge in [-0.15, -0.1) is 0 Å². The Kier molecular flexibility index (Phi) is 3.89. The van der Waals surface area contributed by atoms with Crippen LogP contribution in [-0.4, -0.2) is 21.6 Å². The van der Waals surface area contributed by atoms with E-state index in [4.69, 9.17) is 5.73 Å². The van der Waals surface area contributed by atoms with Crippen LogP contribution in [0, 0.1) is 0 Å². The summed E-state index contributed by atoms with van der Waals surface area (Å²) in [5, 5.41) is 9.25. The van der Waals surface area contributed by atoms with Gasteiger partial charge in [-0.25, -0.2) is 4.79 Å². The number of nitrogens with two attached hydrogens (primary N) is 1. The van der Waals surface area contributed by atoms with Gasteiger partial charge in [0.25, 0.3) is 0 Å². The Morgan fingerprint density at radius 3 is 2.45 bits per heavy atom. The Hall–Kier alpha value is -2.56. The Bertz CT molecular complexity index is 632. The van der Waals surface area contributed by atoms with Gasteiger partial charge in [0, 0.05) is 18.3 Å². The standard InChI is InChI=1S/C15H16N2O3/c1-10(14(16)18)17-8-7-12(15(19)20)13(17)9-11-5-3-2-4-6-11/h2-8,10H,9H2,1H3,(H2,16,18)(H,19,20). The van der Waals surface area contributed by atoms with Crippen LogP contribution in [0.5, 0.6) is 0 Å². The van der Waals surface area contributed by atoms with Gasteiger partial charge < -0.3 is 15.4 Å². The van der Waals surface area contributed by atoms with Gasteiger partial charge in [-0.3, -0.25) is 4.79 Å². The number of benzene rings is 1. The quantitative estimate of drug-likeness (QED) is 0.870. The van der Waals surface area contributed by atoms with Crippen LogP contribution in [0.4, 0.5) is 0 Å². The first kappa shape index (κ1) is 13.9. The zero-order chi connectivity index (χ0) is 14.7. The molecule has 2 rings (SSSR count). The average Bonchev–Trinajstić information content (AvgIpc) is 2.82. The molecule has 1 amide bonds. The van der Waals surface area contributed by atoms with E-state index in [0.29, 0.717) is 12.1 Å². The zero-order valence-corrected chi connectivity index (χ0v) is 11.1. The summed E-state index contributed by atoms with van der Waals surface area (Å²) in [6.45, 7) is 1.66. The Labute approximate surface area is 116 Å². The van der Waals surface area contributed by atoms with E-state index in [1.807, 2.05) is 30.3 Å². The van der Waals surface area contributed by atoms with Crippen molar-refractivity contribution in [3.8, 4) is 0 Å².